The lowest BCUT2D eigenvalue weighted by Crippen LogP contribution is -1.99. The lowest BCUT2D eigenvalue weighted by Gasteiger charge is -1.97. The first-order valence-corrected chi connectivity index (χ1v) is 5.10. The predicted octanol–water partition coefficient (Wildman–Crippen LogP) is 2.34. The number of nitrogens with zero attached hydrogens (tertiary/aromatic N) is 2. The van der Waals surface area contributed by atoms with E-state index in [1.165, 1.54) is 6.07 Å². The Morgan fingerprint density at radius 1 is 1.65 bits per heavy atom. The first-order chi connectivity index (χ1) is 8.11. The Bertz CT molecular complexity index is 566. The van der Waals surface area contributed by atoms with Crippen LogP contribution in [0.15, 0.2) is 35.3 Å². The topological polar surface area (TPSA) is 68.3 Å². The molecule has 0 fully saturated rings. The second kappa shape index (κ2) is 4.29. The number of aryl methyl sites for hydroxylation is 1. The maximum atomic E-state index is 10.7. The van der Waals surface area contributed by atoms with E-state index in [2.05, 4.69) is 11.7 Å². The number of carboxylic acid groups (broad SMARTS) is 1. The minimum absolute atomic E-state index is 0.0871. The van der Waals surface area contributed by atoms with Crippen LogP contribution in [0.1, 0.15) is 16.2 Å². The van der Waals surface area contributed by atoms with Crippen LogP contribution in [0.4, 0.5) is 0 Å². The molecule has 0 aromatic carbocycles. The third-order valence-corrected chi connectivity index (χ3v) is 2.35. The summed E-state index contributed by atoms with van der Waals surface area (Å²) in [7, 11) is 0. The molecule has 0 saturated heterocycles. The molecule has 2 rings (SSSR count). The average molecular weight is 232 g/mol. The van der Waals surface area contributed by atoms with Gasteiger partial charge in [-0.2, -0.15) is 5.10 Å². The molecule has 5 heteroatoms. The third kappa shape index (κ3) is 2.13. The zero-order chi connectivity index (χ0) is 12.4. The molecule has 0 bridgehead atoms. The third-order valence-electron chi connectivity index (χ3n) is 2.35. The van der Waals surface area contributed by atoms with Gasteiger partial charge in [-0.1, -0.05) is 6.08 Å². The van der Waals surface area contributed by atoms with Gasteiger partial charge in [0.25, 0.3) is 0 Å². The quantitative estimate of drug-likeness (QED) is 0.821. The number of allylic oxidation sites excluding steroid dienone is 1. The zero-order valence-electron chi connectivity index (χ0n) is 9.38. The summed E-state index contributed by atoms with van der Waals surface area (Å²) in [4.78, 5) is 10.7. The van der Waals surface area contributed by atoms with Crippen LogP contribution in [0, 0.1) is 6.92 Å². The number of furan rings is 1. The van der Waals surface area contributed by atoms with E-state index in [-0.39, 0.29) is 5.76 Å². The van der Waals surface area contributed by atoms with Crippen molar-refractivity contribution in [3.05, 3.63) is 42.3 Å². The molecule has 0 saturated carbocycles. The minimum atomic E-state index is -1.08. The van der Waals surface area contributed by atoms with Crippen molar-refractivity contribution in [1.29, 1.82) is 0 Å². The molecule has 88 valence electrons. The van der Waals surface area contributed by atoms with Crippen molar-refractivity contribution in [2.24, 2.45) is 0 Å². The van der Waals surface area contributed by atoms with Crippen LogP contribution in [0.2, 0.25) is 0 Å². The number of carbonyl (C=O) groups is 1. The van der Waals surface area contributed by atoms with Crippen molar-refractivity contribution in [2.45, 2.75) is 13.5 Å². The maximum absolute atomic E-state index is 10.7. The Morgan fingerprint density at radius 2 is 2.41 bits per heavy atom. The van der Waals surface area contributed by atoms with Crippen LogP contribution in [0.25, 0.3) is 11.5 Å². The summed E-state index contributed by atoms with van der Waals surface area (Å²) in [6.07, 6.45) is 1.74. The van der Waals surface area contributed by atoms with Gasteiger partial charge in [0.05, 0.1) is 6.54 Å². The van der Waals surface area contributed by atoms with Crippen LogP contribution in [-0.4, -0.2) is 20.9 Å². The molecule has 0 aliphatic heterocycles. The van der Waals surface area contributed by atoms with Crippen molar-refractivity contribution in [1.82, 2.24) is 9.78 Å². The van der Waals surface area contributed by atoms with Crippen LogP contribution in [0.5, 0.6) is 0 Å². The molecule has 0 aliphatic carbocycles. The van der Waals surface area contributed by atoms with Gasteiger partial charge in [0, 0.05) is 5.69 Å². The summed E-state index contributed by atoms with van der Waals surface area (Å²) in [5.41, 5.74) is 1.59. The fourth-order valence-corrected chi connectivity index (χ4v) is 1.53. The highest BCUT2D eigenvalue weighted by molar-refractivity contribution is 5.85. The van der Waals surface area contributed by atoms with Gasteiger partial charge in [0.15, 0.2) is 5.76 Å². The Morgan fingerprint density at radius 3 is 3.00 bits per heavy atom. The van der Waals surface area contributed by atoms with Gasteiger partial charge in [-0.15, -0.1) is 6.58 Å². The molecule has 0 aliphatic rings. The van der Waals surface area contributed by atoms with E-state index in [9.17, 15) is 4.79 Å². The summed E-state index contributed by atoms with van der Waals surface area (Å²) < 4.78 is 6.95. The Hall–Kier alpha value is -2.30. The van der Waals surface area contributed by atoms with Crippen molar-refractivity contribution >= 4 is 5.97 Å². The Labute approximate surface area is 98.0 Å². The molecule has 5 nitrogen and oxygen atoms in total. The molecule has 2 heterocycles. The summed E-state index contributed by atoms with van der Waals surface area (Å²) in [6.45, 7) is 6.17. The smallest absolute Gasteiger partial charge is 0.371 e. The Balaban J connectivity index is 2.35. The monoisotopic (exact) mass is 232 g/mol. The summed E-state index contributed by atoms with van der Waals surface area (Å²) in [5.74, 6) is -0.720. The second-order valence-electron chi connectivity index (χ2n) is 3.61. The van der Waals surface area contributed by atoms with Crippen molar-refractivity contribution < 1.29 is 14.3 Å². The molecule has 1 N–H and O–H groups in total. The highest BCUT2D eigenvalue weighted by Crippen LogP contribution is 2.21. The summed E-state index contributed by atoms with van der Waals surface area (Å²) in [5, 5.41) is 13.1. The van der Waals surface area contributed by atoms with Crippen LogP contribution >= 0.6 is 0 Å². The Kier molecular flexibility index (Phi) is 2.82. The van der Waals surface area contributed by atoms with E-state index < -0.39 is 5.97 Å². The number of hydrogen-bond donors (Lipinski definition) is 1. The van der Waals surface area contributed by atoms with Crippen molar-refractivity contribution in [2.75, 3.05) is 0 Å². The van der Waals surface area contributed by atoms with Crippen molar-refractivity contribution in [3.63, 3.8) is 0 Å². The van der Waals surface area contributed by atoms with E-state index in [1.807, 2.05) is 13.0 Å². The van der Waals surface area contributed by atoms with Crippen LogP contribution in [-0.2, 0) is 6.54 Å². The molecule has 0 radical (unpaired) electrons. The van der Waals surface area contributed by atoms with E-state index in [1.54, 1.807) is 16.8 Å². The summed E-state index contributed by atoms with van der Waals surface area (Å²) >= 11 is 0. The molecule has 0 atom stereocenters. The molecule has 0 amide bonds. The average Bonchev–Trinajstić information content (AvgIpc) is 2.86. The van der Waals surface area contributed by atoms with Crippen molar-refractivity contribution in [3.8, 4) is 11.5 Å². The predicted molar refractivity (Wildman–Crippen MR) is 61.8 cm³/mol. The molecule has 0 spiro atoms. The van der Waals surface area contributed by atoms with E-state index >= 15 is 0 Å². The van der Waals surface area contributed by atoms with Gasteiger partial charge in [-0.25, -0.2) is 4.79 Å². The van der Waals surface area contributed by atoms with Crippen LogP contribution in [0.3, 0.4) is 0 Å². The van der Waals surface area contributed by atoms with Gasteiger partial charge < -0.3 is 9.52 Å². The number of rotatable bonds is 4. The molecule has 0 unspecified atom stereocenters. The number of hydrogen-bond acceptors (Lipinski definition) is 3. The molecule has 2 aromatic rings. The van der Waals surface area contributed by atoms with Gasteiger partial charge in [0.2, 0.25) is 5.76 Å². The number of carboxylic acids is 1. The van der Waals surface area contributed by atoms with E-state index in [4.69, 9.17) is 9.52 Å². The van der Waals surface area contributed by atoms with Gasteiger partial charge in [0.1, 0.15) is 5.69 Å². The van der Waals surface area contributed by atoms with Gasteiger partial charge in [-0.05, 0) is 25.1 Å². The standard InChI is InChI=1S/C12H12N2O3/c1-3-6-14-8(2)7-9(13-14)10-4-5-11(17-10)12(15)16/h3-5,7H,1,6H2,2H3,(H,15,16). The maximum Gasteiger partial charge on any atom is 0.371 e. The lowest BCUT2D eigenvalue weighted by molar-refractivity contribution is 0.0663. The summed E-state index contributed by atoms with van der Waals surface area (Å²) in [6, 6.07) is 4.86. The number of aromatic nitrogens is 2. The van der Waals surface area contributed by atoms with E-state index in [0.29, 0.717) is 18.0 Å². The SMILES string of the molecule is C=CCn1nc(-c2ccc(C(=O)O)o2)cc1C. The largest absolute Gasteiger partial charge is 0.475 e. The highest BCUT2D eigenvalue weighted by atomic mass is 16.4. The normalized spacial score (nSPS) is 10.4. The van der Waals surface area contributed by atoms with E-state index in [0.717, 1.165) is 5.69 Å². The first kappa shape index (κ1) is 11.2. The molecule has 17 heavy (non-hydrogen) atoms. The molecular weight excluding hydrogens is 220 g/mol. The fraction of sp³-hybridized carbons (Fsp3) is 0.167. The first-order valence-electron chi connectivity index (χ1n) is 5.10. The highest BCUT2D eigenvalue weighted by Gasteiger charge is 2.13. The zero-order valence-corrected chi connectivity index (χ0v) is 9.38. The van der Waals surface area contributed by atoms with Gasteiger partial charge >= 0.3 is 5.97 Å². The fourth-order valence-electron chi connectivity index (χ4n) is 1.53. The van der Waals surface area contributed by atoms with Gasteiger partial charge in [-0.3, -0.25) is 4.68 Å². The molecular formula is C12H12N2O3. The van der Waals surface area contributed by atoms with Crippen LogP contribution < -0.4 is 0 Å². The number of aromatic carboxylic acids is 1. The minimum Gasteiger partial charge on any atom is -0.475 e. The molecule has 2 aromatic heterocycles. The lowest BCUT2D eigenvalue weighted by atomic mass is 10.3. The second-order valence-corrected chi connectivity index (χ2v) is 3.61.